The number of rotatable bonds is 3. The van der Waals surface area contributed by atoms with Crippen molar-refractivity contribution in [2.75, 3.05) is 0 Å². The van der Waals surface area contributed by atoms with Crippen LogP contribution in [0.2, 0.25) is 5.15 Å². The second-order valence-corrected chi connectivity index (χ2v) is 5.79. The summed E-state index contributed by atoms with van der Waals surface area (Å²) in [6, 6.07) is 8.12. The van der Waals surface area contributed by atoms with Gasteiger partial charge in [0.15, 0.2) is 10.9 Å². The number of halogens is 1. The van der Waals surface area contributed by atoms with Crippen LogP contribution in [0.4, 0.5) is 0 Å². The van der Waals surface area contributed by atoms with Crippen LogP contribution in [0, 0.1) is 6.92 Å². The molecule has 1 aliphatic rings. The Morgan fingerprint density at radius 2 is 2.05 bits per heavy atom. The van der Waals surface area contributed by atoms with Crippen LogP contribution in [-0.2, 0) is 0 Å². The first-order valence-corrected chi connectivity index (χ1v) is 7.59. The standard InChI is InChI=1S/C16H19ClN2O/c1-12-6-5-7-13(10-12)19-16(17)15(11-18-19)20-14-8-3-2-4-9-14/h5-7,10-11,14H,2-4,8-9H2,1H3. The van der Waals surface area contributed by atoms with Gasteiger partial charge in [0, 0.05) is 0 Å². The van der Waals surface area contributed by atoms with Crippen molar-refractivity contribution in [3.8, 4) is 11.4 Å². The van der Waals surface area contributed by atoms with Crippen molar-refractivity contribution in [2.45, 2.75) is 45.1 Å². The summed E-state index contributed by atoms with van der Waals surface area (Å²) in [6.07, 6.45) is 8.05. The summed E-state index contributed by atoms with van der Waals surface area (Å²) in [5.74, 6) is 0.695. The lowest BCUT2D eigenvalue weighted by atomic mass is 9.98. The smallest absolute Gasteiger partial charge is 0.177 e. The van der Waals surface area contributed by atoms with Crippen LogP contribution in [0.5, 0.6) is 5.75 Å². The predicted octanol–water partition coefficient (Wildman–Crippen LogP) is 4.55. The highest BCUT2D eigenvalue weighted by Gasteiger charge is 2.19. The van der Waals surface area contributed by atoms with E-state index in [4.69, 9.17) is 16.3 Å². The van der Waals surface area contributed by atoms with Gasteiger partial charge in [-0.3, -0.25) is 0 Å². The van der Waals surface area contributed by atoms with E-state index in [1.807, 2.05) is 12.1 Å². The van der Waals surface area contributed by atoms with Crippen LogP contribution in [-0.4, -0.2) is 15.9 Å². The molecule has 1 saturated carbocycles. The molecule has 20 heavy (non-hydrogen) atoms. The van der Waals surface area contributed by atoms with Gasteiger partial charge in [-0.2, -0.15) is 5.10 Å². The maximum Gasteiger partial charge on any atom is 0.177 e. The van der Waals surface area contributed by atoms with Crippen LogP contribution < -0.4 is 4.74 Å². The van der Waals surface area contributed by atoms with Gasteiger partial charge in [-0.25, -0.2) is 4.68 Å². The molecule has 1 heterocycles. The molecule has 3 nitrogen and oxygen atoms in total. The Hall–Kier alpha value is -1.48. The van der Waals surface area contributed by atoms with E-state index < -0.39 is 0 Å². The Morgan fingerprint density at radius 3 is 2.80 bits per heavy atom. The lowest BCUT2D eigenvalue weighted by Gasteiger charge is -2.22. The molecule has 0 spiro atoms. The fourth-order valence-electron chi connectivity index (χ4n) is 2.70. The normalized spacial score (nSPS) is 16.3. The summed E-state index contributed by atoms with van der Waals surface area (Å²) in [5, 5.41) is 4.91. The Labute approximate surface area is 124 Å². The van der Waals surface area contributed by atoms with Crippen LogP contribution in [0.1, 0.15) is 37.7 Å². The molecule has 0 aliphatic heterocycles. The molecule has 106 valence electrons. The molecular formula is C16H19ClN2O. The van der Waals surface area contributed by atoms with Gasteiger partial charge in [-0.1, -0.05) is 30.2 Å². The highest BCUT2D eigenvalue weighted by molar-refractivity contribution is 6.31. The number of aromatic nitrogens is 2. The molecular weight excluding hydrogens is 272 g/mol. The third kappa shape index (κ3) is 2.83. The van der Waals surface area contributed by atoms with Crippen molar-refractivity contribution in [1.82, 2.24) is 9.78 Å². The number of hydrogen-bond acceptors (Lipinski definition) is 2. The molecule has 4 heteroatoms. The molecule has 0 bridgehead atoms. The second kappa shape index (κ2) is 5.88. The van der Waals surface area contributed by atoms with Crippen molar-refractivity contribution in [2.24, 2.45) is 0 Å². The predicted molar refractivity (Wildman–Crippen MR) is 80.8 cm³/mol. The van der Waals surface area contributed by atoms with Crippen molar-refractivity contribution in [3.63, 3.8) is 0 Å². The van der Waals surface area contributed by atoms with Gasteiger partial charge in [-0.15, -0.1) is 0 Å². The molecule has 0 amide bonds. The Morgan fingerprint density at radius 1 is 1.25 bits per heavy atom. The minimum Gasteiger partial charge on any atom is -0.485 e. The Bertz CT molecular complexity index is 588. The van der Waals surface area contributed by atoms with Crippen molar-refractivity contribution in [1.29, 1.82) is 0 Å². The second-order valence-electron chi connectivity index (χ2n) is 5.43. The molecule has 0 N–H and O–H groups in total. The lowest BCUT2D eigenvalue weighted by molar-refractivity contribution is 0.155. The summed E-state index contributed by atoms with van der Waals surface area (Å²) < 4.78 is 7.73. The third-order valence-corrected chi connectivity index (χ3v) is 4.12. The summed E-state index contributed by atoms with van der Waals surface area (Å²) in [7, 11) is 0. The summed E-state index contributed by atoms with van der Waals surface area (Å²) in [5.41, 5.74) is 2.15. The molecule has 1 aromatic carbocycles. The minimum atomic E-state index is 0.288. The largest absolute Gasteiger partial charge is 0.485 e. The Kier molecular flexibility index (Phi) is 3.97. The van der Waals surface area contributed by atoms with Crippen molar-refractivity contribution in [3.05, 3.63) is 41.2 Å². The summed E-state index contributed by atoms with van der Waals surface area (Å²) in [4.78, 5) is 0. The Balaban J connectivity index is 1.81. The van der Waals surface area contributed by atoms with Crippen LogP contribution in [0.3, 0.4) is 0 Å². The van der Waals surface area contributed by atoms with E-state index in [9.17, 15) is 0 Å². The van der Waals surface area contributed by atoms with Gasteiger partial charge in [0.1, 0.15) is 0 Å². The van der Waals surface area contributed by atoms with E-state index in [2.05, 4.69) is 24.2 Å². The zero-order chi connectivity index (χ0) is 13.9. The van der Waals surface area contributed by atoms with Gasteiger partial charge < -0.3 is 4.74 Å². The monoisotopic (exact) mass is 290 g/mol. The zero-order valence-corrected chi connectivity index (χ0v) is 12.4. The number of hydrogen-bond donors (Lipinski definition) is 0. The third-order valence-electron chi connectivity index (χ3n) is 3.77. The first-order chi connectivity index (χ1) is 9.74. The van der Waals surface area contributed by atoms with E-state index in [1.54, 1.807) is 10.9 Å². The number of benzene rings is 1. The van der Waals surface area contributed by atoms with E-state index in [1.165, 1.54) is 24.8 Å². The number of ether oxygens (including phenoxy) is 1. The van der Waals surface area contributed by atoms with Gasteiger partial charge in [0.2, 0.25) is 0 Å². The topological polar surface area (TPSA) is 27.1 Å². The van der Waals surface area contributed by atoms with Crippen LogP contribution in [0.15, 0.2) is 30.5 Å². The molecule has 1 fully saturated rings. The van der Waals surface area contributed by atoms with Crippen molar-refractivity contribution < 1.29 is 4.74 Å². The van der Waals surface area contributed by atoms with Gasteiger partial charge in [-0.05, 0) is 50.3 Å². The highest BCUT2D eigenvalue weighted by Crippen LogP contribution is 2.30. The fourth-order valence-corrected chi connectivity index (χ4v) is 2.93. The molecule has 0 atom stereocenters. The molecule has 0 unspecified atom stereocenters. The molecule has 3 rings (SSSR count). The van der Waals surface area contributed by atoms with Gasteiger partial charge in [0.25, 0.3) is 0 Å². The highest BCUT2D eigenvalue weighted by atomic mass is 35.5. The molecule has 0 radical (unpaired) electrons. The number of aryl methyl sites for hydroxylation is 1. The maximum atomic E-state index is 6.41. The molecule has 0 saturated heterocycles. The van der Waals surface area contributed by atoms with E-state index in [0.29, 0.717) is 10.9 Å². The zero-order valence-electron chi connectivity index (χ0n) is 11.7. The maximum absolute atomic E-state index is 6.41. The van der Waals surface area contributed by atoms with Crippen LogP contribution >= 0.6 is 11.6 Å². The summed E-state index contributed by atoms with van der Waals surface area (Å²) in [6.45, 7) is 2.06. The van der Waals surface area contributed by atoms with E-state index in [0.717, 1.165) is 18.5 Å². The SMILES string of the molecule is Cc1cccc(-n2ncc(OC3CCCCC3)c2Cl)c1. The van der Waals surface area contributed by atoms with Gasteiger partial charge in [0.05, 0.1) is 18.0 Å². The average Bonchev–Trinajstić information content (AvgIpc) is 2.81. The first kappa shape index (κ1) is 13.5. The van der Waals surface area contributed by atoms with E-state index in [-0.39, 0.29) is 6.10 Å². The van der Waals surface area contributed by atoms with Crippen molar-refractivity contribution >= 4 is 11.6 Å². The first-order valence-electron chi connectivity index (χ1n) is 7.21. The van der Waals surface area contributed by atoms with Gasteiger partial charge >= 0.3 is 0 Å². The molecule has 1 aromatic heterocycles. The summed E-state index contributed by atoms with van der Waals surface area (Å²) >= 11 is 6.41. The lowest BCUT2D eigenvalue weighted by Crippen LogP contribution is -2.19. The minimum absolute atomic E-state index is 0.288. The number of nitrogens with zero attached hydrogens (tertiary/aromatic N) is 2. The molecule has 2 aromatic rings. The van der Waals surface area contributed by atoms with Crippen LogP contribution in [0.25, 0.3) is 5.69 Å². The average molecular weight is 291 g/mol. The quantitative estimate of drug-likeness (QED) is 0.829. The van der Waals surface area contributed by atoms with E-state index >= 15 is 0 Å². The fraction of sp³-hybridized carbons (Fsp3) is 0.438. The molecule has 1 aliphatic carbocycles.